The number of carbonyl (C=O) groups is 1. The van der Waals surface area contributed by atoms with Gasteiger partial charge >= 0.3 is 5.97 Å². The van der Waals surface area contributed by atoms with Crippen molar-refractivity contribution in [1.29, 1.82) is 0 Å². The monoisotopic (exact) mass is 267 g/mol. The van der Waals surface area contributed by atoms with Gasteiger partial charge in [-0.3, -0.25) is 9.88 Å². The zero-order valence-electron chi connectivity index (χ0n) is 10.6. The molecular formula is C13H18NO3P. The van der Waals surface area contributed by atoms with Gasteiger partial charge in [-0.1, -0.05) is 18.2 Å². The van der Waals surface area contributed by atoms with Crippen molar-refractivity contribution in [2.24, 2.45) is 0 Å². The first-order chi connectivity index (χ1) is 8.62. The van der Waals surface area contributed by atoms with E-state index in [1.807, 2.05) is 44.2 Å². The Kier molecular flexibility index (Phi) is 4.20. The number of ether oxygens (including phenoxy) is 1. The first kappa shape index (κ1) is 13.3. The Hall–Kier alpha value is -1.12. The lowest BCUT2D eigenvalue weighted by Gasteiger charge is -2.17. The smallest absolute Gasteiger partial charge is 0.326 e. The maximum atomic E-state index is 11.8. The molecule has 1 aromatic rings. The number of para-hydroxylation sites is 1. The van der Waals surface area contributed by atoms with E-state index >= 15 is 0 Å². The minimum atomic E-state index is -0.502. The number of nitrogens with one attached hydrogen (secondary N) is 1. The van der Waals surface area contributed by atoms with Crippen molar-refractivity contribution >= 4 is 14.9 Å². The molecule has 1 fully saturated rings. The van der Waals surface area contributed by atoms with Crippen LogP contribution in [0, 0.1) is 0 Å². The lowest BCUT2D eigenvalue weighted by molar-refractivity contribution is -0.150. The third-order valence-corrected chi connectivity index (χ3v) is 3.60. The molecule has 5 heteroatoms. The van der Waals surface area contributed by atoms with Crippen molar-refractivity contribution < 1.29 is 14.1 Å². The number of esters is 1. The second kappa shape index (κ2) is 5.68. The fourth-order valence-corrected chi connectivity index (χ4v) is 2.36. The molecule has 1 saturated carbocycles. The van der Waals surface area contributed by atoms with Crippen molar-refractivity contribution in [3.8, 4) is 5.75 Å². The molecule has 1 aromatic carbocycles. The van der Waals surface area contributed by atoms with Gasteiger partial charge in [0.15, 0.2) is 0 Å². The summed E-state index contributed by atoms with van der Waals surface area (Å²) in [5, 5.41) is 3.15. The number of carbonyl (C=O) groups excluding carboxylic acids is 1. The summed E-state index contributed by atoms with van der Waals surface area (Å²) < 4.78 is 10.8. The van der Waals surface area contributed by atoms with Crippen LogP contribution in [0.5, 0.6) is 5.75 Å². The van der Waals surface area contributed by atoms with Gasteiger partial charge in [-0.2, -0.15) is 0 Å². The number of hydrogen-bond acceptors (Lipinski definition) is 4. The molecular weight excluding hydrogens is 249 g/mol. The van der Waals surface area contributed by atoms with Crippen LogP contribution in [0.2, 0.25) is 0 Å². The van der Waals surface area contributed by atoms with Gasteiger partial charge in [0.05, 0.1) is 6.10 Å². The highest BCUT2D eigenvalue weighted by Crippen LogP contribution is 2.40. The molecule has 4 nitrogen and oxygen atoms in total. The summed E-state index contributed by atoms with van der Waals surface area (Å²) in [6, 6.07) is 9.55. The van der Waals surface area contributed by atoms with Crippen molar-refractivity contribution in [1.82, 2.24) is 5.09 Å². The molecule has 0 spiro atoms. The predicted molar refractivity (Wildman–Crippen MR) is 71.7 cm³/mol. The Balaban J connectivity index is 1.78. The van der Waals surface area contributed by atoms with Crippen LogP contribution in [0.15, 0.2) is 30.3 Å². The zero-order chi connectivity index (χ0) is 13.0. The highest BCUT2D eigenvalue weighted by molar-refractivity contribution is 7.30. The minimum Gasteiger partial charge on any atom is -0.462 e. The van der Waals surface area contributed by atoms with Gasteiger partial charge in [-0.25, -0.2) is 0 Å². The highest BCUT2D eigenvalue weighted by Gasteiger charge is 2.51. The Labute approximate surface area is 109 Å². The maximum absolute atomic E-state index is 11.8. The topological polar surface area (TPSA) is 47.6 Å². The van der Waals surface area contributed by atoms with E-state index < -0.39 is 5.54 Å². The SMILES string of the molecule is CC(C)OC(=O)C1(NPOc2ccccc2)CC1. The third kappa shape index (κ3) is 3.44. The zero-order valence-corrected chi connectivity index (χ0v) is 11.6. The Morgan fingerprint density at radius 2 is 2.00 bits per heavy atom. The largest absolute Gasteiger partial charge is 0.462 e. The van der Waals surface area contributed by atoms with E-state index in [2.05, 4.69) is 5.09 Å². The van der Waals surface area contributed by atoms with Crippen LogP contribution in [0.4, 0.5) is 0 Å². The van der Waals surface area contributed by atoms with Gasteiger partial charge < -0.3 is 9.26 Å². The van der Waals surface area contributed by atoms with Crippen LogP contribution in [-0.4, -0.2) is 17.6 Å². The van der Waals surface area contributed by atoms with Gasteiger partial charge in [0.1, 0.15) is 20.2 Å². The number of hydrogen-bond donors (Lipinski definition) is 1. The Bertz CT molecular complexity index is 404. The molecule has 1 aliphatic rings. The van der Waals surface area contributed by atoms with E-state index in [0.717, 1.165) is 18.6 Å². The van der Waals surface area contributed by atoms with Crippen LogP contribution in [0.3, 0.4) is 0 Å². The lowest BCUT2D eigenvalue weighted by atomic mass is 10.3. The van der Waals surface area contributed by atoms with Crippen molar-refractivity contribution in [3.05, 3.63) is 30.3 Å². The lowest BCUT2D eigenvalue weighted by Crippen LogP contribution is -2.37. The first-order valence-electron chi connectivity index (χ1n) is 6.07. The second-order valence-corrected chi connectivity index (χ2v) is 5.34. The van der Waals surface area contributed by atoms with Crippen molar-refractivity contribution in [2.75, 3.05) is 0 Å². The molecule has 1 aliphatic carbocycles. The molecule has 0 radical (unpaired) electrons. The molecule has 98 valence electrons. The van der Waals surface area contributed by atoms with E-state index in [4.69, 9.17) is 9.26 Å². The van der Waals surface area contributed by atoms with Crippen LogP contribution < -0.4 is 9.61 Å². The molecule has 1 unspecified atom stereocenters. The van der Waals surface area contributed by atoms with Crippen LogP contribution in [-0.2, 0) is 9.53 Å². The van der Waals surface area contributed by atoms with E-state index in [1.54, 1.807) is 0 Å². The van der Waals surface area contributed by atoms with Crippen molar-refractivity contribution in [3.63, 3.8) is 0 Å². The minimum absolute atomic E-state index is 0.0621. The molecule has 1 N–H and O–H groups in total. The molecule has 0 saturated heterocycles. The normalized spacial score (nSPS) is 17.1. The molecule has 2 rings (SSSR count). The maximum Gasteiger partial charge on any atom is 0.326 e. The average Bonchev–Trinajstić information content (AvgIpc) is 3.11. The second-order valence-electron chi connectivity index (χ2n) is 4.68. The molecule has 0 aromatic heterocycles. The van der Waals surface area contributed by atoms with Crippen LogP contribution in [0.25, 0.3) is 0 Å². The van der Waals surface area contributed by atoms with Gasteiger partial charge in [-0.05, 0) is 38.8 Å². The van der Waals surface area contributed by atoms with Gasteiger partial charge in [0.25, 0.3) is 0 Å². The summed E-state index contributed by atoms with van der Waals surface area (Å²) in [7, 11) is 0.0621. The van der Waals surface area contributed by atoms with Crippen LogP contribution >= 0.6 is 8.96 Å². The van der Waals surface area contributed by atoms with Crippen molar-refractivity contribution in [2.45, 2.75) is 38.3 Å². The first-order valence-corrected chi connectivity index (χ1v) is 6.98. The van der Waals surface area contributed by atoms with Gasteiger partial charge in [-0.15, -0.1) is 0 Å². The summed E-state index contributed by atoms with van der Waals surface area (Å²) in [4.78, 5) is 11.8. The fourth-order valence-electron chi connectivity index (χ4n) is 1.50. The quantitative estimate of drug-likeness (QED) is 0.636. The summed E-state index contributed by atoms with van der Waals surface area (Å²) >= 11 is 0. The van der Waals surface area contributed by atoms with E-state index in [-0.39, 0.29) is 21.0 Å². The average molecular weight is 267 g/mol. The molecule has 18 heavy (non-hydrogen) atoms. The van der Waals surface area contributed by atoms with Gasteiger partial charge in [0.2, 0.25) is 0 Å². The fraction of sp³-hybridized carbons (Fsp3) is 0.462. The summed E-state index contributed by atoms with van der Waals surface area (Å²) in [5.74, 6) is 0.637. The van der Waals surface area contributed by atoms with Gasteiger partial charge in [0, 0.05) is 0 Å². The highest BCUT2D eigenvalue weighted by atomic mass is 31.1. The van der Waals surface area contributed by atoms with E-state index in [1.165, 1.54) is 0 Å². The Morgan fingerprint density at radius 1 is 1.33 bits per heavy atom. The van der Waals surface area contributed by atoms with E-state index in [0.29, 0.717) is 0 Å². The summed E-state index contributed by atoms with van der Waals surface area (Å²) in [6.45, 7) is 3.72. The molecule has 1 atom stereocenters. The number of rotatable bonds is 6. The predicted octanol–water partition coefficient (Wildman–Crippen LogP) is 2.65. The molecule has 0 aliphatic heterocycles. The van der Waals surface area contributed by atoms with E-state index in [9.17, 15) is 4.79 Å². The third-order valence-electron chi connectivity index (χ3n) is 2.69. The number of benzene rings is 1. The van der Waals surface area contributed by atoms with Crippen LogP contribution in [0.1, 0.15) is 26.7 Å². The standard InChI is InChI=1S/C13H18NO3P/c1-10(2)16-12(15)13(8-9-13)14-18-17-11-6-4-3-5-7-11/h3-7,10,14,18H,8-9H2,1-2H3. The Morgan fingerprint density at radius 3 is 2.56 bits per heavy atom. The molecule has 0 amide bonds. The summed E-state index contributed by atoms with van der Waals surface area (Å²) in [5.41, 5.74) is -0.502. The summed E-state index contributed by atoms with van der Waals surface area (Å²) in [6.07, 6.45) is 1.57. The molecule has 0 bridgehead atoms. The molecule has 0 heterocycles.